The summed E-state index contributed by atoms with van der Waals surface area (Å²) in [6.07, 6.45) is 3.71. The van der Waals surface area contributed by atoms with Crippen LogP contribution in [0.25, 0.3) is 0 Å². The summed E-state index contributed by atoms with van der Waals surface area (Å²) in [7, 11) is 0. The van der Waals surface area contributed by atoms with Gasteiger partial charge in [-0.1, -0.05) is 6.07 Å². The molecule has 0 radical (unpaired) electrons. The Balaban J connectivity index is 1.04. The maximum atomic E-state index is 13.7. The number of ether oxygens (including phenoxy) is 4. The molecule has 1 aromatic heterocycles. The third kappa shape index (κ3) is 12.2. The fourth-order valence-corrected chi connectivity index (χ4v) is 5.13. The Morgan fingerprint density at radius 3 is 2.28 bits per heavy atom. The molecular formula is C30H45FN6O6. The lowest BCUT2D eigenvalue weighted by Crippen LogP contribution is -2.47. The number of aliphatic carboxylic acids is 1. The number of carboxylic acid groups (broad SMARTS) is 1. The first kappa shape index (κ1) is 32.8. The quantitative estimate of drug-likeness (QED) is 0.229. The maximum Gasteiger partial charge on any atom is 0.305 e. The highest BCUT2D eigenvalue weighted by atomic mass is 19.1. The Labute approximate surface area is 253 Å². The van der Waals surface area contributed by atoms with Crippen molar-refractivity contribution in [3.63, 3.8) is 0 Å². The van der Waals surface area contributed by atoms with Crippen LogP contribution < -0.4 is 15.1 Å². The van der Waals surface area contributed by atoms with Crippen molar-refractivity contribution in [3.8, 4) is 0 Å². The van der Waals surface area contributed by atoms with Gasteiger partial charge < -0.3 is 39.2 Å². The molecule has 2 saturated heterocycles. The summed E-state index contributed by atoms with van der Waals surface area (Å²) in [5.41, 5.74) is 0.920. The van der Waals surface area contributed by atoms with Gasteiger partial charge in [0, 0.05) is 63.6 Å². The van der Waals surface area contributed by atoms with E-state index in [1.165, 1.54) is 6.07 Å². The summed E-state index contributed by atoms with van der Waals surface area (Å²) < 4.78 is 35.5. The molecule has 2 N–H and O–H groups in total. The van der Waals surface area contributed by atoms with Crippen LogP contribution in [0.15, 0.2) is 36.7 Å². The highest BCUT2D eigenvalue weighted by Crippen LogP contribution is 2.23. The average molecular weight is 605 g/mol. The van der Waals surface area contributed by atoms with Crippen LogP contribution in [-0.2, 0) is 23.7 Å². The molecule has 2 aliphatic heterocycles. The SMILES string of the molecule is O=C(O)CCOCCOCCOCCOCCN1CCN(c2cc(N[C@@H]3CCCN(c4cccc(F)c4)C3)ncn2)CC1. The molecule has 2 aliphatic rings. The predicted molar refractivity (Wildman–Crippen MR) is 161 cm³/mol. The molecule has 2 fully saturated rings. The van der Waals surface area contributed by atoms with Gasteiger partial charge in [-0.25, -0.2) is 14.4 Å². The van der Waals surface area contributed by atoms with Gasteiger partial charge >= 0.3 is 5.97 Å². The second-order valence-corrected chi connectivity index (χ2v) is 10.6. The van der Waals surface area contributed by atoms with Gasteiger partial charge in [-0.15, -0.1) is 0 Å². The van der Waals surface area contributed by atoms with Crippen LogP contribution in [-0.4, -0.2) is 131 Å². The Kier molecular flexibility index (Phi) is 14.1. The number of hydrogen-bond acceptors (Lipinski definition) is 11. The molecule has 0 aliphatic carbocycles. The van der Waals surface area contributed by atoms with E-state index in [2.05, 4.69) is 30.0 Å². The first-order valence-corrected chi connectivity index (χ1v) is 15.2. The minimum Gasteiger partial charge on any atom is -0.481 e. The minimum atomic E-state index is -0.867. The molecule has 12 nitrogen and oxygen atoms in total. The molecular weight excluding hydrogens is 559 g/mol. The van der Waals surface area contributed by atoms with Crippen molar-refractivity contribution in [1.29, 1.82) is 0 Å². The zero-order valence-electron chi connectivity index (χ0n) is 24.9. The molecule has 238 valence electrons. The minimum absolute atomic E-state index is 0.00368. The molecule has 0 amide bonds. The molecule has 3 heterocycles. The highest BCUT2D eigenvalue weighted by Gasteiger charge is 2.22. The second-order valence-electron chi connectivity index (χ2n) is 10.6. The fraction of sp³-hybridized carbons (Fsp3) is 0.633. The van der Waals surface area contributed by atoms with Gasteiger partial charge in [0.05, 0.1) is 59.3 Å². The standard InChI is InChI=1S/C30H45FN6O6/c31-25-3-1-5-27(21-25)37-7-2-4-26(23-37)34-28-22-29(33-24-32-28)36-10-8-35(9-11-36)12-14-41-16-18-43-20-19-42-17-15-40-13-6-30(38)39/h1,3,5,21-22,24,26H,2,4,6-20,23H2,(H,38,39)(H,32,33,34)/t26-/m1/s1. The number of nitrogens with zero attached hydrogens (tertiary/aromatic N) is 5. The number of halogens is 1. The lowest BCUT2D eigenvalue weighted by Gasteiger charge is -2.36. The number of piperidine rings is 1. The smallest absolute Gasteiger partial charge is 0.305 e. The molecule has 0 spiro atoms. The van der Waals surface area contributed by atoms with Gasteiger partial charge in [0.15, 0.2) is 0 Å². The number of benzene rings is 1. The normalized spacial score (nSPS) is 17.7. The van der Waals surface area contributed by atoms with Gasteiger partial charge in [0.25, 0.3) is 0 Å². The number of carbonyl (C=O) groups is 1. The van der Waals surface area contributed by atoms with Crippen molar-refractivity contribution in [1.82, 2.24) is 14.9 Å². The average Bonchev–Trinajstić information content (AvgIpc) is 3.02. The van der Waals surface area contributed by atoms with Gasteiger partial charge in [-0.3, -0.25) is 9.69 Å². The predicted octanol–water partition coefficient (Wildman–Crippen LogP) is 2.36. The molecule has 2 aromatic rings. The Bertz CT molecular complexity index is 1090. The largest absolute Gasteiger partial charge is 0.481 e. The first-order valence-electron chi connectivity index (χ1n) is 15.2. The van der Waals surface area contributed by atoms with E-state index in [-0.39, 0.29) is 24.9 Å². The summed E-state index contributed by atoms with van der Waals surface area (Å²) in [4.78, 5) is 26.3. The Hall–Kier alpha value is -3.10. The van der Waals surface area contributed by atoms with Crippen LogP contribution in [0.1, 0.15) is 19.3 Å². The van der Waals surface area contributed by atoms with Crippen molar-refractivity contribution in [2.24, 2.45) is 0 Å². The van der Waals surface area contributed by atoms with Crippen molar-refractivity contribution < 1.29 is 33.2 Å². The number of anilines is 3. The number of hydrogen-bond donors (Lipinski definition) is 2. The summed E-state index contributed by atoms with van der Waals surface area (Å²) in [5.74, 6) is 0.676. The monoisotopic (exact) mass is 604 g/mol. The summed E-state index contributed by atoms with van der Waals surface area (Å²) >= 11 is 0. The van der Waals surface area contributed by atoms with E-state index in [4.69, 9.17) is 24.1 Å². The Morgan fingerprint density at radius 1 is 0.884 bits per heavy atom. The molecule has 4 rings (SSSR count). The second kappa shape index (κ2) is 18.5. The molecule has 0 saturated carbocycles. The summed E-state index contributed by atoms with van der Waals surface area (Å²) in [6, 6.07) is 9.06. The van der Waals surface area contributed by atoms with Gasteiger partial charge in [0.1, 0.15) is 23.8 Å². The van der Waals surface area contributed by atoms with E-state index in [1.54, 1.807) is 18.5 Å². The van der Waals surface area contributed by atoms with Crippen LogP contribution in [0.4, 0.5) is 21.7 Å². The zero-order valence-corrected chi connectivity index (χ0v) is 24.9. The van der Waals surface area contributed by atoms with Crippen molar-refractivity contribution >= 4 is 23.3 Å². The number of carboxylic acids is 1. The number of nitrogens with one attached hydrogen (secondary N) is 1. The van der Waals surface area contributed by atoms with Crippen LogP contribution >= 0.6 is 0 Å². The van der Waals surface area contributed by atoms with E-state index >= 15 is 0 Å². The van der Waals surface area contributed by atoms with Crippen LogP contribution in [0.2, 0.25) is 0 Å². The Morgan fingerprint density at radius 2 is 1.58 bits per heavy atom. The third-order valence-corrected chi connectivity index (χ3v) is 7.42. The van der Waals surface area contributed by atoms with E-state index in [1.807, 2.05) is 12.1 Å². The fourth-order valence-electron chi connectivity index (χ4n) is 5.13. The zero-order chi connectivity index (χ0) is 30.1. The van der Waals surface area contributed by atoms with E-state index < -0.39 is 5.97 Å². The van der Waals surface area contributed by atoms with Crippen molar-refractivity contribution in [2.45, 2.75) is 25.3 Å². The van der Waals surface area contributed by atoms with Gasteiger partial charge in [-0.05, 0) is 31.0 Å². The molecule has 0 unspecified atom stereocenters. The van der Waals surface area contributed by atoms with Gasteiger partial charge in [0.2, 0.25) is 0 Å². The van der Waals surface area contributed by atoms with Crippen molar-refractivity contribution in [2.75, 3.05) is 114 Å². The van der Waals surface area contributed by atoms with Crippen molar-refractivity contribution in [3.05, 3.63) is 42.5 Å². The van der Waals surface area contributed by atoms with E-state index in [9.17, 15) is 9.18 Å². The molecule has 13 heteroatoms. The topological polar surface area (TPSA) is 122 Å². The van der Waals surface area contributed by atoms with Crippen LogP contribution in [0.5, 0.6) is 0 Å². The van der Waals surface area contributed by atoms with Gasteiger partial charge in [-0.2, -0.15) is 0 Å². The molecule has 1 aromatic carbocycles. The van der Waals surface area contributed by atoms with Crippen LogP contribution in [0, 0.1) is 5.82 Å². The lowest BCUT2D eigenvalue weighted by atomic mass is 10.0. The third-order valence-electron chi connectivity index (χ3n) is 7.42. The first-order chi connectivity index (χ1) is 21.1. The van der Waals surface area contributed by atoms with E-state index in [0.29, 0.717) is 46.2 Å². The lowest BCUT2D eigenvalue weighted by molar-refractivity contribution is -0.138. The van der Waals surface area contributed by atoms with Crippen LogP contribution in [0.3, 0.4) is 0 Å². The molecule has 1 atom stereocenters. The summed E-state index contributed by atoms with van der Waals surface area (Å²) in [5, 5.41) is 12.1. The summed E-state index contributed by atoms with van der Waals surface area (Å²) in [6.45, 7) is 9.91. The van der Waals surface area contributed by atoms with E-state index in [0.717, 1.165) is 76.0 Å². The maximum absolute atomic E-state index is 13.7. The number of rotatable bonds is 19. The highest BCUT2D eigenvalue weighted by molar-refractivity contribution is 5.66. The number of piperazine rings is 1. The molecule has 43 heavy (non-hydrogen) atoms. The molecule has 0 bridgehead atoms. The number of aromatic nitrogens is 2.